The van der Waals surface area contributed by atoms with E-state index >= 15 is 0 Å². The summed E-state index contributed by atoms with van der Waals surface area (Å²) in [5.41, 5.74) is 0. The Balaban J connectivity index is 3.55. The summed E-state index contributed by atoms with van der Waals surface area (Å²) in [6.07, 6.45) is 2.87. The van der Waals surface area contributed by atoms with Crippen molar-refractivity contribution in [1.82, 2.24) is 5.32 Å². The summed E-state index contributed by atoms with van der Waals surface area (Å²) in [6, 6.07) is 0. The van der Waals surface area contributed by atoms with E-state index in [0.29, 0.717) is 25.8 Å². The summed E-state index contributed by atoms with van der Waals surface area (Å²) in [6.45, 7) is 7.91. The maximum absolute atomic E-state index is 11.5. The van der Waals surface area contributed by atoms with Crippen LogP contribution in [0.3, 0.4) is 0 Å². The highest BCUT2D eigenvalue weighted by Gasteiger charge is 2.09. The number of ketones is 2. The Kier molecular flexibility index (Phi) is 9.09. The first-order chi connectivity index (χ1) is 8.84. The SMILES string of the molecule is CC(C)C(=O)CCCCC(=O)NCCC(=O)C(C)C. The van der Waals surface area contributed by atoms with Gasteiger partial charge in [0, 0.05) is 37.6 Å². The lowest BCUT2D eigenvalue weighted by molar-refractivity contribution is -0.124. The van der Waals surface area contributed by atoms with Crippen LogP contribution in [0.15, 0.2) is 0 Å². The summed E-state index contributed by atoms with van der Waals surface area (Å²) in [7, 11) is 0. The van der Waals surface area contributed by atoms with Crippen molar-refractivity contribution < 1.29 is 14.4 Å². The minimum absolute atomic E-state index is 0.0268. The molecule has 0 aromatic heterocycles. The van der Waals surface area contributed by atoms with Crippen molar-refractivity contribution in [2.45, 2.75) is 59.8 Å². The largest absolute Gasteiger partial charge is 0.356 e. The number of amides is 1. The fourth-order valence-electron chi connectivity index (χ4n) is 1.58. The molecule has 1 amide bonds. The molecule has 0 atom stereocenters. The summed E-state index contributed by atoms with van der Waals surface area (Å²) >= 11 is 0. The number of nitrogens with one attached hydrogen (secondary N) is 1. The first kappa shape index (κ1) is 17.8. The van der Waals surface area contributed by atoms with Crippen molar-refractivity contribution in [3.05, 3.63) is 0 Å². The van der Waals surface area contributed by atoms with Crippen molar-refractivity contribution in [2.75, 3.05) is 6.54 Å². The van der Waals surface area contributed by atoms with Gasteiger partial charge in [0.15, 0.2) is 0 Å². The van der Waals surface area contributed by atoms with Crippen LogP contribution in [0.25, 0.3) is 0 Å². The zero-order chi connectivity index (χ0) is 14.8. The van der Waals surface area contributed by atoms with Crippen LogP contribution in [0.2, 0.25) is 0 Å². The van der Waals surface area contributed by atoms with Crippen LogP contribution in [0.5, 0.6) is 0 Å². The molecule has 0 aliphatic carbocycles. The monoisotopic (exact) mass is 269 g/mol. The topological polar surface area (TPSA) is 63.2 Å². The Hall–Kier alpha value is -1.19. The average molecular weight is 269 g/mol. The molecule has 0 spiro atoms. The summed E-state index contributed by atoms with van der Waals surface area (Å²) in [5, 5.41) is 2.73. The molecule has 0 saturated carbocycles. The van der Waals surface area contributed by atoms with Gasteiger partial charge in [0.2, 0.25) is 5.91 Å². The molecule has 0 unspecified atom stereocenters. The zero-order valence-electron chi connectivity index (χ0n) is 12.6. The molecule has 0 bridgehead atoms. The number of hydrogen-bond acceptors (Lipinski definition) is 3. The third kappa shape index (κ3) is 9.40. The lowest BCUT2D eigenvalue weighted by atomic mass is 10.0. The van der Waals surface area contributed by atoms with Crippen LogP contribution in [0, 0.1) is 11.8 Å². The van der Waals surface area contributed by atoms with Crippen LogP contribution in [-0.4, -0.2) is 24.0 Å². The molecular weight excluding hydrogens is 242 g/mol. The fourth-order valence-corrected chi connectivity index (χ4v) is 1.58. The molecule has 110 valence electrons. The van der Waals surface area contributed by atoms with E-state index in [1.165, 1.54) is 0 Å². The number of rotatable bonds is 10. The highest BCUT2D eigenvalue weighted by molar-refractivity contribution is 5.82. The molecule has 0 radical (unpaired) electrons. The highest BCUT2D eigenvalue weighted by Crippen LogP contribution is 2.06. The molecule has 0 aromatic carbocycles. The molecule has 0 saturated heterocycles. The Labute approximate surface area is 116 Å². The Morgan fingerprint density at radius 2 is 1.26 bits per heavy atom. The molecule has 0 aliphatic rings. The summed E-state index contributed by atoms with van der Waals surface area (Å²) < 4.78 is 0. The van der Waals surface area contributed by atoms with E-state index in [0.717, 1.165) is 12.8 Å². The molecule has 0 aromatic rings. The number of carbonyl (C=O) groups is 3. The van der Waals surface area contributed by atoms with Crippen molar-refractivity contribution in [2.24, 2.45) is 11.8 Å². The van der Waals surface area contributed by atoms with Gasteiger partial charge >= 0.3 is 0 Å². The van der Waals surface area contributed by atoms with Crippen molar-refractivity contribution in [1.29, 1.82) is 0 Å². The first-order valence-electron chi connectivity index (χ1n) is 7.16. The third-order valence-corrected chi connectivity index (χ3v) is 3.06. The van der Waals surface area contributed by atoms with E-state index in [1.54, 1.807) is 0 Å². The molecule has 0 rings (SSSR count). The molecule has 0 aliphatic heterocycles. The molecule has 4 nitrogen and oxygen atoms in total. The van der Waals surface area contributed by atoms with Gasteiger partial charge in [0.1, 0.15) is 11.6 Å². The minimum Gasteiger partial charge on any atom is -0.356 e. The second-order valence-corrected chi connectivity index (χ2v) is 5.55. The average Bonchev–Trinajstić information content (AvgIpc) is 2.33. The van der Waals surface area contributed by atoms with Gasteiger partial charge in [-0.25, -0.2) is 0 Å². The van der Waals surface area contributed by atoms with Crippen molar-refractivity contribution in [3.63, 3.8) is 0 Å². The second-order valence-electron chi connectivity index (χ2n) is 5.55. The number of Topliss-reactive ketones (excluding diaryl/α,β-unsaturated/α-hetero) is 2. The molecule has 4 heteroatoms. The van der Waals surface area contributed by atoms with E-state index in [2.05, 4.69) is 5.32 Å². The summed E-state index contributed by atoms with van der Waals surface area (Å²) in [4.78, 5) is 34.2. The minimum atomic E-state index is -0.0337. The predicted octanol–water partition coefficient (Wildman–Crippen LogP) is 2.50. The van der Waals surface area contributed by atoms with Crippen LogP contribution < -0.4 is 5.32 Å². The second kappa shape index (κ2) is 9.70. The van der Waals surface area contributed by atoms with Gasteiger partial charge < -0.3 is 5.32 Å². The van der Waals surface area contributed by atoms with Crippen molar-refractivity contribution >= 4 is 17.5 Å². The maximum Gasteiger partial charge on any atom is 0.220 e. The summed E-state index contributed by atoms with van der Waals surface area (Å²) in [5.74, 6) is 0.495. The smallest absolute Gasteiger partial charge is 0.220 e. The van der Waals surface area contributed by atoms with E-state index in [9.17, 15) is 14.4 Å². The van der Waals surface area contributed by atoms with Gasteiger partial charge in [-0.1, -0.05) is 27.7 Å². The van der Waals surface area contributed by atoms with Crippen LogP contribution in [0.4, 0.5) is 0 Å². The highest BCUT2D eigenvalue weighted by atomic mass is 16.2. The van der Waals surface area contributed by atoms with Gasteiger partial charge in [-0.15, -0.1) is 0 Å². The van der Waals surface area contributed by atoms with E-state index < -0.39 is 0 Å². The van der Waals surface area contributed by atoms with Gasteiger partial charge in [0.25, 0.3) is 0 Å². The van der Waals surface area contributed by atoms with E-state index in [1.807, 2.05) is 27.7 Å². The fraction of sp³-hybridized carbons (Fsp3) is 0.800. The normalized spacial score (nSPS) is 10.8. The predicted molar refractivity (Wildman–Crippen MR) is 75.8 cm³/mol. The van der Waals surface area contributed by atoms with E-state index in [-0.39, 0.29) is 29.3 Å². The van der Waals surface area contributed by atoms with Gasteiger partial charge in [0.05, 0.1) is 0 Å². The quantitative estimate of drug-likeness (QED) is 0.620. The molecule has 19 heavy (non-hydrogen) atoms. The Bertz CT molecular complexity index is 309. The maximum atomic E-state index is 11.5. The Morgan fingerprint density at radius 1 is 0.789 bits per heavy atom. The van der Waals surface area contributed by atoms with Gasteiger partial charge in [-0.3, -0.25) is 14.4 Å². The van der Waals surface area contributed by atoms with Gasteiger partial charge in [-0.2, -0.15) is 0 Å². The van der Waals surface area contributed by atoms with E-state index in [4.69, 9.17) is 0 Å². The zero-order valence-corrected chi connectivity index (χ0v) is 12.6. The van der Waals surface area contributed by atoms with Crippen LogP contribution in [-0.2, 0) is 14.4 Å². The van der Waals surface area contributed by atoms with Crippen LogP contribution >= 0.6 is 0 Å². The van der Waals surface area contributed by atoms with Crippen molar-refractivity contribution in [3.8, 4) is 0 Å². The number of carbonyl (C=O) groups excluding carboxylic acids is 3. The molecule has 1 N–H and O–H groups in total. The number of unbranched alkanes of at least 4 members (excludes halogenated alkanes) is 1. The lowest BCUT2D eigenvalue weighted by Crippen LogP contribution is -2.26. The lowest BCUT2D eigenvalue weighted by Gasteiger charge is -2.07. The molecule has 0 heterocycles. The van der Waals surface area contributed by atoms with Gasteiger partial charge in [-0.05, 0) is 12.8 Å². The Morgan fingerprint density at radius 3 is 1.79 bits per heavy atom. The molecular formula is C15H27NO3. The molecule has 0 fully saturated rings. The first-order valence-corrected chi connectivity index (χ1v) is 7.16. The number of hydrogen-bond donors (Lipinski definition) is 1. The third-order valence-electron chi connectivity index (χ3n) is 3.06. The standard InChI is InChI=1S/C15H27NO3/c1-11(2)13(17)7-5-6-8-15(19)16-10-9-14(18)12(3)4/h11-12H,5-10H2,1-4H3,(H,16,19). The van der Waals surface area contributed by atoms with Crippen LogP contribution in [0.1, 0.15) is 59.8 Å².